The van der Waals surface area contributed by atoms with Crippen LogP contribution in [0.4, 0.5) is 10.2 Å². The summed E-state index contributed by atoms with van der Waals surface area (Å²) in [7, 11) is 0. The zero-order valence-electron chi connectivity index (χ0n) is 14.8. The third kappa shape index (κ3) is 3.18. The molecule has 7 heteroatoms. The molecule has 0 atom stereocenters. The number of aliphatic hydroxyl groups is 1. The Morgan fingerprint density at radius 3 is 2.46 bits per heavy atom. The fourth-order valence-corrected chi connectivity index (χ4v) is 4.96. The highest BCUT2D eigenvalue weighted by Crippen LogP contribution is 2.44. The molecule has 1 aromatic heterocycles. The van der Waals surface area contributed by atoms with Crippen LogP contribution in [-0.4, -0.2) is 52.7 Å². The maximum atomic E-state index is 14.1. The summed E-state index contributed by atoms with van der Waals surface area (Å²) in [6, 6.07) is 1.56. The number of piperidine rings is 1. The van der Waals surface area contributed by atoms with E-state index in [0.717, 1.165) is 51.5 Å². The Kier molecular flexibility index (Phi) is 4.82. The third-order valence-electron chi connectivity index (χ3n) is 6.46. The molecule has 1 amide bonds. The van der Waals surface area contributed by atoms with Gasteiger partial charge in [-0.3, -0.25) is 4.79 Å². The maximum Gasteiger partial charge on any atom is 0.229 e. The van der Waals surface area contributed by atoms with Crippen LogP contribution in [0.5, 0.6) is 0 Å². The van der Waals surface area contributed by atoms with Gasteiger partial charge in [-0.2, -0.15) is 0 Å². The van der Waals surface area contributed by atoms with Gasteiger partial charge in [0, 0.05) is 31.9 Å². The molecular weight excluding hydrogens is 357 g/mol. The van der Waals surface area contributed by atoms with E-state index in [1.54, 1.807) is 0 Å². The molecule has 3 aliphatic rings. The number of anilines is 1. The smallest absolute Gasteiger partial charge is 0.229 e. The van der Waals surface area contributed by atoms with Crippen LogP contribution in [0.1, 0.15) is 44.9 Å². The molecule has 2 saturated heterocycles. The van der Waals surface area contributed by atoms with Gasteiger partial charge in [0.05, 0.1) is 16.5 Å². The average Bonchev–Trinajstić information content (AvgIpc) is 2.94. The fraction of sp³-hybridized carbons (Fsp3) is 0.684. The lowest BCUT2D eigenvalue weighted by Crippen LogP contribution is -2.47. The molecule has 0 aromatic carbocycles. The Bertz CT molecular complexity index is 685. The molecule has 26 heavy (non-hydrogen) atoms. The van der Waals surface area contributed by atoms with Crippen LogP contribution in [0, 0.1) is 11.2 Å². The molecule has 0 bridgehead atoms. The molecule has 1 spiro atoms. The first-order valence-corrected chi connectivity index (χ1v) is 9.91. The molecule has 1 N–H and O–H groups in total. The Morgan fingerprint density at radius 1 is 1.15 bits per heavy atom. The average molecular weight is 382 g/mol. The zero-order valence-corrected chi connectivity index (χ0v) is 15.6. The molecule has 1 aromatic rings. The van der Waals surface area contributed by atoms with Crippen LogP contribution in [0.3, 0.4) is 0 Å². The summed E-state index contributed by atoms with van der Waals surface area (Å²) in [5.74, 6) is 0.185. The minimum absolute atomic E-state index is 0.206. The highest BCUT2D eigenvalue weighted by molar-refractivity contribution is 6.30. The lowest BCUT2D eigenvalue weighted by Gasteiger charge is -2.40. The number of nitrogens with zero attached hydrogens (tertiary/aromatic N) is 3. The molecule has 1 saturated carbocycles. The van der Waals surface area contributed by atoms with E-state index in [9.17, 15) is 14.3 Å². The van der Waals surface area contributed by atoms with Crippen molar-refractivity contribution in [1.29, 1.82) is 0 Å². The lowest BCUT2D eigenvalue weighted by molar-refractivity contribution is -0.139. The lowest BCUT2D eigenvalue weighted by atomic mass is 9.77. The van der Waals surface area contributed by atoms with Gasteiger partial charge in [0.2, 0.25) is 5.91 Å². The number of aliphatic hydroxyl groups excluding tert-OH is 1. The van der Waals surface area contributed by atoms with Gasteiger partial charge in [-0.05, 0) is 51.0 Å². The van der Waals surface area contributed by atoms with Crippen molar-refractivity contribution in [3.63, 3.8) is 0 Å². The van der Waals surface area contributed by atoms with Crippen LogP contribution in [0.15, 0.2) is 12.3 Å². The Labute approximate surface area is 158 Å². The number of aromatic nitrogens is 1. The summed E-state index contributed by atoms with van der Waals surface area (Å²) in [4.78, 5) is 21.3. The molecule has 4 rings (SSSR count). The molecule has 0 radical (unpaired) electrons. The number of pyridine rings is 1. The highest BCUT2D eigenvalue weighted by atomic mass is 35.5. The quantitative estimate of drug-likeness (QED) is 0.855. The number of rotatable bonds is 2. The van der Waals surface area contributed by atoms with Crippen molar-refractivity contribution in [3.8, 4) is 0 Å². The number of carbonyl (C=O) groups is 1. The largest absolute Gasteiger partial charge is 0.393 e. The van der Waals surface area contributed by atoms with Gasteiger partial charge in [-0.15, -0.1) is 0 Å². The first-order chi connectivity index (χ1) is 12.5. The van der Waals surface area contributed by atoms with E-state index in [1.807, 2.05) is 4.90 Å². The summed E-state index contributed by atoms with van der Waals surface area (Å²) in [6.07, 6.45) is 6.99. The Morgan fingerprint density at radius 2 is 1.81 bits per heavy atom. The fourth-order valence-electron chi connectivity index (χ4n) is 4.82. The van der Waals surface area contributed by atoms with E-state index in [0.29, 0.717) is 23.9 Å². The predicted octanol–water partition coefficient (Wildman–Crippen LogP) is 3.00. The van der Waals surface area contributed by atoms with Crippen LogP contribution >= 0.6 is 11.6 Å². The SMILES string of the molecule is O=C1N([C@H]2CC[C@@H](O)CC2)CCC12CCN(c1ncc(Cl)cc1F)CC2. The second-order valence-electron chi connectivity index (χ2n) is 7.94. The van der Waals surface area contributed by atoms with Gasteiger partial charge in [-0.25, -0.2) is 9.37 Å². The maximum absolute atomic E-state index is 14.1. The van der Waals surface area contributed by atoms with Crippen molar-refractivity contribution < 1.29 is 14.3 Å². The standard InChI is InChI=1S/C19H25ClFN3O2/c20-13-11-16(21)17(22-12-13)23-8-5-19(6-9-23)7-10-24(18(19)26)14-1-3-15(25)4-2-14/h11-12,14-15,25H,1-10H2/t14-,15+. The van der Waals surface area contributed by atoms with Gasteiger partial charge in [0.25, 0.3) is 0 Å². The molecule has 2 aliphatic heterocycles. The molecule has 5 nitrogen and oxygen atoms in total. The summed E-state index contributed by atoms with van der Waals surface area (Å²) in [5.41, 5.74) is -0.296. The molecule has 1 aliphatic carbocycles. The van der Waals surface area contributed by atoms with Crippen molar-refractivity contribution in [2.45, 2.75) is 57.1 Å². The number of hydrogen-bond donors (Lipinski definition) is 1. The van der Waals surface area contributed by atoms with E-state index >= 15 is 0 Å². The van der Waals surface area contributed by atoms with E-state index in [4.69, 9.17) is 11.6 Å². The van der Waals surface area contributed by atoms with E-state index in [-0.39, 0.29) is 23.5 Å². The van der Waals surface area contributed by atoms with Gasteiger partial charge < -0.3 is 14.9 Å². The molecule has 142 valence electrons. The molecular formula is C19H25ClFN3O2. The van der Waals surface area contributed by atoms with E-state index in [1.165, 1.54) is 12.3 Å². The molecule has 0 unspecified atom stereocenters. The van der Waals surface area contributed by atoms with E-state index < -0.39 is 5.82 Å². The Balaban J connectivity index is 1.41. The second kappa shape index (κ2) is 6.97. The van der Waals surface area contributed by atoms with Crippen molar-refractivity contribution >= 4 is 23.3 Å². The number of likely N-dealkylation sites (tertiary alicyclic amines) is 1. The summed E-state index contributed by atoms with van der Waals surface area (Å²) < 4.78 is 14.1. The summed E-state index contributed by atoms with van der Waals surface area (Å²) in [6.45, 7) is 2.08. The number of halogens is 2. The van der Waals surface area contributed by atoms with Gasteiger partial charge in [0.1, 0.15) is 0 Å². The normalized spacial score (nSPS) is 28.8. The number of amides is 1. The third-order valence-corrected chi connectivity index (χ3v) is 6.67. The van der Waals surface area contributed by atoms with Gasteiger partial charge in [0.15, 0.2) is 11.6 Å². The minimum Gasteiger partial charge on any atom is -0.393 e. The van der Waals surface area contributed by atoms with Crippen LogP contribution in [0.2, 0.25) is 5.02 Å². The van der Waals surface area contributed by atoms with Gasteiger partial charge in [-0.1, -0.05) is 11.6 Å². The predicted molar refractivity (Wildman–Crippen MR) is 97.7 cm³/mol. The zero-order chi connectivity index (χ0) is 18.3. The van der Waals surface area contributed by atoms with Crippen molar-refractivity contribution in [1.82, 2.24) is 9.88 Å². The van der Waals surface area contributed by atoms with Crippen LogP contribution in [-0.2, 0) is 4.79 Å². The number of carbonyl (C=O) groups excluding carboxylic acids is 1. The first-order valence-electron chi connectivity index (χ1n) is 9.54. The molecule has 3 heterocycles. The van der Waals surface area contributed by atoms with Crippen LogP contribution in [0.25, 0.3) is 0 Å². The second-order valence-corrected chi connectivity index (χ2v) is 8.37. The van der Waals surface area contributed by atoms with Crippen molar-refractivity contribution in [2.75, 3.05) is 24.5 Å². The monoisotopic (exact) mass is 381 g/mol. The first kappa shape index (κ1) is 18.0. The Hall–Kier alpha value is -1.40. The van der Waals surface area contributed by atoms with Gasteiger partial charge >= 0.3 is 0 Å². The molecule has 3 fully saturated rings. The van der Waals surface area contributed by atoms with Crippen molar-refractivity contribution in [2.24, 2.45) is 5.41 Å². The minimum atomic E-state index is -0.409. The van der Waals surface area contributed by atoms with Crippen LogP contribution < -0.4 is 4.90 Å². The van der Waals surface area contributed by atoms with E-state index in [2.05, 4.69) is 9.88 Å². The number of hydrogen-bond acceptors (Lipinski definition) is 4. The topological polar surface area (TPSA) is 56.7 Å². The summed E-state index contributed by atoms with van der Waals surface area (Å²) >= 11 is 5.79. The van der Waals surface area contributed by atoms with Crippen molar-refractivity contribution in [3.05, 3.63) is 23.1 Å². The summed E-state index contributed by atoms with van der Waals surface area (Å²) in [5, 5.41) is 9.99. The highest BCUT2D eigenvalue weighted by Gasteiger charge is 2.50.